The number of hydrogen-bond acceptors (Lipinski definition) is 4. The van der Waals surface area contributed by atoms with Crippen molar-refractivity contribution in [3.8, 4) is 5.75 Å². The summed E-state index contributed by atoms with van der Waals surface area (Å²) >= 11 is 5.97. The minimum atomic E-state index is -0.168. The largest absolute Gasteiger partial charge is 0.494 e. The molecule has 0 atom stereocenters. The summed E-state index contributed by atoms with van der Waals surface area (Å²) < 4.78 is 7.68. The van der Waals surface area contributed by atoms with Crippen LogP contribution in [0.25, 0.3) is 0 Å². The third-order valence-corrected chi connectivity index (χ3v) is 4.76. The number of rotatable bonds is 8. The normalized spacial score (nSPS) is 16.1. The average molecular weight is 355 g/mol. The van der Waals surface area contributed by atoms with E-state index in [1.165, 1.54) is 19.3 Å². The molecular formula is C18H27ClN2O3. The highest BCUT2D eigenvalue weighted by molar-refractivity contribution is 6.13. The van der Waals surface area contributed by atoms with E-state index in [1.807, 2.05) is 23.5 Å². The number of hydrogen-bond donors (Lipinski definition) is 2. The molecule has 1 aliphatic rings. The van der Waals surface area contributed by atoms with Crippen molar-refractivity contribution in [1.82, 2.24) is 9.74 Å². The zero-order valence-corrected chi connectivity index (χ0v) is 15.0. The lowest BCUT2D eigenvalue weighted by Crippen LogP contribution is -2.27. The number of aryl methyl sites for hydroxylation is 1. The highest BCUT2D eigenvalue weighted by atomic mass is 35.5. The first-order valence-electron chi connectivity index (χ1n) is 8.63. The van der Waals surface area contributed by atoms with Gasteiger partial charge in [0.2, 0.25) is 0 Å². The SMILES string of the molecule is Cc1cc(OCCCC2CCN(Cl)CC2)ccc1C(=O)NCCO. The van der Waals surface area contributed by atoms with Crippen LogP contribution in [0, 0.1) is 12.8 Å². The van der Waals surface area contributed by atoms with Crippen LogP contribution in [0.5, 0.6) is 5.75 Å². The second-order valence-electron chi connectivity index (χ2n) is 6.30. The summed E-state index contributed by atoms with van der Waals surface area (Å²) in [5.41, 5.74) is 1.49. The van der Waals surface area contributed by atoms with Crippen molar-refractivity contribution in [2.24, 2.45) is 5.92 Å². The Morgan fingerprint density at radius 2 is 2.17 bits per heavy atom. The van der Waals surface area contributed by atoms with Crippen molar-refractivity contribution in [2.75, 3.05) is 32.8 Å². The Kier molecular flexibility index (Phi) is 7.82. The van der Waals surface area contributed by atoms with Gasteiger partial charge in [0.15, 0.2) is 0 Å². The predicted octanol–water partition coefficient (Wildman–Crippen LogP) is 2.74. The molecule has 0 aliphatic carbocycles. The van der Waals surface area contributed by atoms with E-state index in [9.17, 15) is 4.79 Å². The molecule has 5 nitrogen and oxygen atoms in total. The molecule has 0 unspecified atom stereocenters. The summed E-state index contributed by atoms with van der Waals surface area (Å²) in [4.78, 5) is 11.9. The third-order valence-electron chi connectivity index (χ3n) is 4.43. The third kappa shape index (κ3) is 5.96. The molecule has 0 bridgehead atoms. The van der Waals surface area contributed by atoms with Crippen LogP contribution >= 0.6 is 11.8 Å². The number of carbonyl (C=O) groups excluding carboxylic acids is 1. The van der Waals surface area contributed by atoms with Gasteiger partial charge in [-0.2, -0.15) is 0 Å². The number of benzene rings is 1. The van der Waals surface area contributed by atoms with E-state index in [0.717, 1.165) is 36.7 Å². The number of nitrogens with zero attached hydrogens (tertiary/aromatic N) is 1. The van der Waals surface area contributed by atoms with E-state index < -0.39 is 0 Å². The first-order valence-corrected chi connectivity index (χ1v) is 8.97. The molecule has 6 heteroatoms. The summed E-state index contributed by atoms with van der Waals surface area (Å²) in [7, 11) is 0. The fourth-order valence-electron chi connectivity index (χ4n) is 3.00. The fourth-order valence-corrected chi connectivity index (χ4v) is 3.19. The Morgan fingerprint density at radius 3 is 2.83 bits per heavy atom. The Bertz CT molecular complexity index is 531. The smallest absolute Gasteiger partial charge is 0.251 e. The Labute approximate surface area is 149 Å². The fraction of sp³-hybridized carbons (Fsp3) is 0.611. The maximum Gasteiger partial charge on any atom is 0.251 e. The van der Waals surface area contributed by atoms with E-state index in [4.69, 9.17) is 21.6 Å². The molecule has 1 amide bonds. The number of piperidine rings is 1. The maximum atomic E-state index is 11.9. The lowest BCUT2D eigenvalue weighted by molar-refractivity contribution is 0.0944. The van der Waals surface area contributed by atoms with Crippen molar-refractivity contribution in [1.29, 1.82) is 0 Å². The van der Waals surface area contributed by atoms with Crippen molar-refractivity contribution >= 4 is 17.7 Å². The molecule has 134 valence electrons. The van der Waals surface area contributed by atoms with E-state index in [-0.39, 0.29) is 19.1 Å². The number of aliphatic hydroxyl groups excluding tert-OH is 1. The lowest BCUT2D eigenvalue weighted by atomic mass is 9.93. The monoisotopic (exact) mass is 354 g/mol. The van der Waals surface area contributed by atoms with Gasteiger partial charge in [0.05, 0.1) is 13.2 Å². The van der Waals surface area contributed by atoms with Gasteiger partial charge in [-0.3, -0.25) is 4.79 Å². The van der Waals surface area contributed by atoms with Gasteiger partial charge in [-0.25, -0.2) is 4.42 Å². The quantitative estimate of drug-likeness (QED) is 0.556. The molecular weight excluding hydrogens is 328 g/mol. The van der Waals surface area contributed by atoms with Crippen LogP contribution in [-0.2, 0) is 0 Å². The van der Waals surface area contributed by atoms with Crippen LogP contribution in [-0.4, -0.2) is 48.3 Å². The molecule has 1 aliphatic heterocycles. The van der Waals surface area contributed by atoms with Crippen molar-refractivity contribution in [2.45, 2.75) is 32.6 Å². The summed E-state index contributed by atoms with van der Waals surface area (Å²) in [6, 6.07) is 5.49. The molecule has 0 radical (unpaired) electrons. The van der Waals surface area contributed by atoms with Crippen LogP contribution in [0.3, 0.4) is 0 Å². The van der Waals surface area contributed by atoms with E-state index in [1.54, 1.807) is 6.07 Å². The molecule has 2 N–H and O–H groups in total. The number of aliphatic hydroxyl groups is 1. The molecule has 24 heavy (non-hydrogen) atoms. The van der Waals surface area contributed by atoms with Crippen molar-refractivity contribution in [3.63, 3.8) is 0 Å². The molecule has 1 aromatic carbocycles. The summed E-state index contributed by atoms with van der Waals surface area (Å²) in [6.45, 7) is 4.74. The Morgan fingerprint density at radius 1 is 1.42 bits per heavy atom. The summed E-state index contributed by atoms with van der Waals surface area (Å²) in [5.74, 6) is 1.38. The minimum Gasteiger partial charge on any atom is -0.494 e. The van der Waals surface area contributed by atoms with Gasteiger partial charge in [-0.1, -0.05) is 0 Å². The molecule has 0 spiro atoms. The van der Waals surface area contributed by atoms with Gasteiger partial charge in [-0.05, 0) is 74.1 Å². The molecule has 2 rings (SSSR count). The number of nitrogens with one attached hydrogen (secondary N) is 1. The molecule has 1 aromatic rings. The van der Waals surface area contributed by atoms with Gasteiger partial charge in [-0.15, -0.1) is 0 Å². The van der Waals surface area contributed by atoms with Crippen molar-refractivity contribution in [3.05, 3.63) is 29.3 Å². The molecule has 1 saturated heterocycles. The standard InChI is InChI=1S/C18H27ClN2O3/c1-14-13-16(4-5-17(14)18(23)20-8-11-22)24-12-2-3-15-6-9-21(19)10-7-15/h4-5,13,15,22H,2-3,6-12H2,1H3,(H,20,23). The van der Waals surface area contributed by atoms with Gasteiger partial charge in [0.25, 0.3) is 5.91 Å². The molecule has 1 heterocycles. The van der Waals surface area contributed by atoms with Crippen molar-refractivity contribution < 1.29 is 14.6 Å². The summed E-state index contributed by atoms with van der Waals surface area (Å²) in [5, 5.41) is 11.4. The number of amides is 1. The van der Waals surface area contributed by atoms with E-state index >= 15 is 0 Å². The van der Waals surface area contributed by atoms with Crippen LogP contribution in [0.2, 0.25) is 0 Å². The van der Waals surface area contributed by atoms with Crippen LogP contribution in [0.1, 0.15) is 41.6 Å². The minimum absolute atomic E-state index is 0.0596. The Hall–Kier alpha value is -1.30. The zero-order valence-electron chi connectivity index (χ0n) is 14.3. The molecule has 0 saturated carbocycles. The molecule has 1 fully saturated rings. The van der Waals surface area contributed by atoms with Crippen LogP contribution in [0.15, 0.2) is 18.2 Å². The number of halogens is 1. The van der Waals surface area contributed by atoms with E-state index in [0.29, 0.717) is 12.2 Å². The predicted molar refractivity (Wildman–Crippen MR) is 95.5 cm³/mol. The second kappa shape index (κ2) is 9.87. The van der Waals surface area contributed by atoms with Gasteiger partial charge >= 0.3 is 0 Å². The topological polar surface area (TPSA) is 61.8 Å². The average Bonchev–Trinajstić information content (AvgIpc) is 2.58. The van der Waals surface area contributed by atoms with Crippen LogP contribution < -0.4 is 10.1 Å². The highest BCUT2D eigenvalue weighted by Crippen LogP contribution is 2.23. The second-order valence-corrected chi connectivity index (χ2v) is 6.78. The Balaban J connectivity index is 1.73. The van der Waals surface area contributed by atoms with Gasteiger partial charge in [0, 0.05) is 25.2 Å². The van der Waals surface area contributed by atoms with Crippen LogP contribution in [0.4, 0.5) is 0 Å². The van der Waals surface area contributed by atoms with E-state index in [2.05, 4.69) is 5.32 Å². The summed E-state index contributed by atoms with van der Waals surface area (Å²) in [6.07, 6.45) is 4.54. The van der Waals surface area contributed by atoms with Gasteiger partial charge in [0.1, 0.15) is 5.75 Å². The number of ether oxygens (including phenoxy) is 1. The van der Waals surface area contributed by atoms with Gasteiger partial charge < -0.3 is 15.2 Å². The lowest BCUT2D eigenvalue weighted by Gasteiger charge is -2.26. The first-order chi connectivity index (χ1) is 11.6. The highest BCUT2D eigenvalue weighted by Gasteiger charge is 2.17. The first kappa shape index (κ1) is 19.0. The number of carbonyl (C=O) groups is 1. The maximum absolute atomic E-state index is 11.9. The zero-order chi connectivity index (χ0) is 17.4. The molecule has 0 aromatic heterocycles.